The third-order valence-electron chi connectivity index (χ3n) is 4.52. The molecule has 1 fully saturated rings. The summed E-state index contributed by atoms with van der Waals surface area (Å²) < 4.78 is 6.01. The number of hydrazine groups is 1. The van der Waals surface area contributed by atoms with Crippen molar-refractivity contribution in [3.8, 4) is 0 Å². The number of ether oxygens (including phenoxy) is 1. The zero-order chi connectivity index (χ0) is 14.6. The standard InChI is InChI=1S/C17H28N2O/c1-13(2)15-8-6-14(7-9-15)12-16(19-18)17(3)10-4-5-11-20-17/h6-9,13,16,19H,4-5,10-12,18H2,1-3H3. The Kier molecular flexibility index (Phi) is 5.19. The first-order chi connectivity index (χ1) is 9.55. The number of hydrogen-bond donors (Lipinski definition) is 2. The van der Waals surface area contributed by atoms with Gasteiger partial charge >= 0.3 is 0 Å². The molecule has 3 nitrogen and oxygen atoms in total. The maximum Gasteiger partial charge on any atom is 0.0823 e. The Morgan fingerprint density at radius 2 is 1.95 bits per heavy atom. The predicted octanol–water partition coefficient (Wildman–Crippen LogP) is 3.14. The van der Waals surface area contributed by atoms with Gasteiger partial charge in [0.2, 0.25) is 0 Å². The third kappa shape index (κ3) is 3.60. The van der Waals surface area contributed by atoms with Gasteiger partial charge in [-0.25, -0.2) is 0 Å². The first-order valence-corrected chi connectivity index (χ1v) is 7.74. The Balaban J connectivity index is 2.05. The lowest BCUT2D eigenvalue weighted by Crippen LogP contribution is -2.55. The summed E-state index contributed by atoms with van der Waals surface area (Å²) in [5.41, 5.74) is 5.52. The number of nitrogens with two attached hydrogens (primary N) is 1. The van der Waals surface area contributed by atoms with Crippen LogP contribution in [0.15, 0.2) is 24.3 Å². The molecule has 1 aliphatic rings. The highest BCUT2D eigenvalue weighted by Gasteiger charge is 2.36. The van der Waals surface area contributed by atoms with Crippen molar-refractivity contribution in [3.63, 3.8) is 0 Å². The highest BCUT2D eigenvalue weighted by Crippen LogP contribution is 2.29. The molecule has 1 aromatic carbocycles. The molecule has 0 spiro atoms. The fraction of sp³-hybridized carbons (Fsp3) is 0.647. The molecule has 0 radical (unpaired) electrons. The van der Waals surface area contributed by atoms with Gasteiger partial charge in [0.1, 0.15) is 0 Å². The van der Waals surface area contributed by atoms with Gasteiger partial charge in [0.05, 0.1) is 11.6 Å². The average molecular weight is 276 g/mol. The van der Waals surface area contributed by atoms with Gasteiger partial charge in [0.15, 0.2) is 0 Å². The van der Waals surface area contributed by atoms with Crippen LogP contribution >= 0.6 is 0 Å². The molecular formula is C17H28N2O. The van der Waals surface area contributed by atoms with Crippen LogP contribution < -0.4 is 11.3 Å². The van der Waals surface area contributed by atoms with Crippen molar-refractivity contribution in [2.45, 2.75) is 64.0 Å². The fourth-order valence-corrected chi connectivity index (χ4v) is 2.96. The van der Waals surface area contributed by atoms with Crippen molar-refractivity contribution in [1.29, 1.82) is 0 Å². The molecule has 2 rings (SSSR count). The highest BCUT2D eigenvalue weighted by molar-refractivity contribution is 5.25. The summed E-state index contributed by atoms with van der Waals surface area (Å²) in [5, 5.41) is 0. The third-order valence-corrected chi connectivity index (χ3v) is 4.52. The first-order valence-electron chi connectivity index (χ1n) is 7.74. The molecule has 112 valence electrons. The highest BCUT2D eigenvalue weighted by atomic mass is 16.5. The second-order valence-electron chi connectivity index (χ2n) is 6.44. The van der Waals surface area contributed by atoms with Crippen LogP contribution in [-0.2, 0) is 11.2 Å². The van der Waals surface area contributed by atoms with E-state index in [0.29, 0.717) is 5.92 Å². The molecular weight excluding hydrogens is 248 g/mol. The lowest BCUT2D eigenvalue weighted by molar-refractivity contribution is -0.0884. The van der Waals surface area contributed by atoms with Crippen LogP contribution in [0.4, 0.5) is 0 Å². The monoisotopic (exact) mass is 276 g/mol. The summed E-state index contributed by atoms with van der Waals surface area (Å²) in [6.45, 7) is 7.46. The van der Waals surface area contributed by atoms with E-state index in [9.17, 15) is 0 Å². The number of hydrogen-bond acceptors (Lipinski definition) is 3. The lowest BCUT2D eigenvalue weighted by Gasteiger charge is -2.40. The summed E-state index contributed by atoms with van der Waals surface area (Å²) in [5.74, 6) is 6.36. The van der Waals surface area contributed by atoms with Gasteiger partial charge in [-0.1, -0.05) is 38.1 Å². The second kappa shape index (κ2) is 6.70. The first kappa shape index (κ1) is 15.5. The summed E-state index contributed by atoms with van der Waals surface area (Å²) in [4.78, 5) is 0. The molecule has 0 aliphatic carbocycles. The molecule has 1 aromatic rings. The van der Waals surface area contributed by atoms with E-state index in [1.165, 1.54) is 17.5 Å². The molecule has 0 amide bonds. The van der Waals surface area contributed by atoms with Crippen LogP contribution in [0.1, 0.15) is 57.1 Å². The lowest BCUT2D eigenvalue weighted by atomic mass is 9.85. The molecule has 0 bridgehead atoms. The maximum atomic E-state index is 6.01. The van der Waals surface area contributed by atoms with Crippen molar-refractivity contribution in [1.82, 2.24) is 5.43 Å². The maximum absolute atomic E-state index is 6.01. The van der Waals surface area contributed by atoms with Gasteiger partial charge in [0, 0.05) is 6.61 Å². The summed E-state index contributed by atoms with van der Waals surface area (Å²) in [6.07, 6.45) is 4.37. The molecule has 20 heavy (non-hydrogen) atoms. The van der Waals surface area contributed by atoms with Crippen molar-refractivity contribution < 1.29 is 4.74 Å². The van der Waals surface area contributed by atoms with E-state index >= 15 is 0 Å². The number of rotatable bonds is 5. The van der Waals surface area contributed by atoms with Crippen molar-refractivity contribution in [2.24, 2.45) is 5.84 Å². The second-order valence-corrected chi connectivity index (χ2v) is 6.44. The van der Waals surface area contributed by atoms with Gasteiger partial charge in [-0.2, -0.15) is 0 Å². The van der Waals surface area contributed by atoms with Gasteiger partial charge in [-0.3, -0.25) is 11.3 Å². The van der Waals surface area contributed by atoms with Crippen LogP contribution in [0.2, 0.25) is 0 Å². The molecule has 1 aliphatic heterocycles. The SMILES string of the molecule is CC(C)c1ccc(CC(NN)C2(C)CCCCO2)cc1. The Hall–Kier alpha value is -0.900. The summed E-state index contributed by atoms with van der Waals surface area (Å²) in [6, 6.07) is 9.03. The van der Waals surface area contributed by atoms with Crippen LogP contribution in [0.3, 0.4) is 0 Å². The molecule has 2 atom stereocenters. The van der Waals surface area contributed by atoms with E-state index in [1.807, 2.05) is 0 Å². The largest absolute Gasteiger partial charge is 0.374 e. The van der Waals surface area contributed by atoms with Crippen LogP contribution in [0.5, 0.6) is 0 Å². The fourth-order valence-electron chi connectivity index (χ4n) is 2.96. The van der Waals surface area contributed by atoms with Gasteiger partial charge < -0.3 is 4.74 Å². The zero-order valence-corrected chi connectivity index (χ0v) is 13.0. The van der Waals surface area contributed by atoms with Crippen molar-refractivity contribution >= 4 is 0 Å². The van der Waals surface area contributed by atoms with E-state index in [0.717, 1.165) is 25.9 Å². The van der Waals surface area contributed by atoms with Crippen molar-refractivity contribution in [2.75, 3.05) is 6.61 Å². The van der Waals surface area contributed by atoms with E-state index in [4.69, 9.17) is 10.6 Å². The number of benzene rings is 1. The Morgan fingerprint density at radius 1 is 1.25 bits per heavy atom. The number of nitrogens with one attached hydrogen (secondary N) is 1. The van der Waals surface area contributed by atoms with Gasteiger partial charge in [-0.05, 0) is 49.7 Å². The minimum atomic E-state index is -0.149. The quantitative estimate of drug-likeness (QED) is 0.641. The van der Waals surface area contributed by atoms with E-state index in [2.05, 4.69) is 50.5 Å². The van der Waals surface area contributed by atoms with Gasteiger partial charge in [0.25, 0.3) is 0 Å². The summed E-state index contributed by atoms with van der Waals surface area (Å²) >= 11 is 0. The van der Waals surface area contributed by atoms with E-state index in [-0.39, 0.29) is 11.6 Å². The van der Waals surface area contributed by atoms with Crippen LogP contribution in [-0.4, -0.2) is 18.2 Å². The molecule has 0 saturated carbocycles. The van der Waals surface area contributed by atoms with E-state index < -0.39 is 0 Å². The molecule has 2 unspecified atom stereocenters. The average Bonchev–Trinajstić information content (AvgIpc) is 2.45. The molecule has 3 heteroatoms. The van der Waals surface area contributed by atoms with Gasteiger partial charge in [-0.15, -0.1) is 0 Å². The minimum Gasteiger partial charge on any atom is -0.374 e. The Bertz CT molecular complexity index is 408. The predicted molar refractivity (Wildman–Crippen MR) is 83.6 cm³/mol. The normalized spacial score (nSPS) is 24.9. The van der Waals surface area contributed by atoms with Crippen molar-refractivity contribution in [3.05, 3.63) is 35.4 Å². The van der Waals surface area contributed by atoms with E-state index in [1.54, 1.807) is 0 Å². The molecule has 0 aromatic heterocycles. The summed E-state index contributed by atoms with van der Waals surface area (Å²) in [7, 11) is 0. The molecule has 1 saturated heterocycles. The smallest absolute Gasteiger partial charge is 0.0823 e. The van der Waals surface area contributed by atoms with Crippen LogP contribution in [0.25, 0.3) is 0 Å². The Morgan fingerprint density at radius 3 is 2.45 bits per heavy atom. The van der Waals surface area contributed by atoms with Crippen LogP contribution in [0, 0.1) is 0 Å². The topological polar surface area (TPSA) is 47.3 Å². The minimum absolute atomic E-state index is 0.149. The molecule has 1 heterocycles. The zero-order valence-electron chi connectivity index (χ0n) is 13.0. The Labute approximate surface area is 122 Å². The molecule has 3 N–H and O–H groups in total.